The molecule has 0 unspecified atom stereocenters. The van der Waals surface area contributed by atoms with E-state index in [1.54, 1.807) is 0 Å². The molecular weight excluding hydrogens is 279 g/mol. The molecule has 0 aliphatic heterocycles. The molecule has 1 nitrogen and oxygen atoms in total. The molecule has 1 aromatic carbocycles. The summed E-state index contributed by atoms with van der Waals surface area (Å²) in [5.74, 6) is 2.34. The Hall–Kier alpha value is -0.634. The summed E-state index contributed by atoms with van der Waals surface area (Å²) in [5, 5.41) is 0. The van der Waals surface area contributed by atoms with Gasteiger partial charge in [0.15, 0.2) is 0 Å². The summed E-state index contributed by atoms with van der Waals surface area (Å²) in [5.41, 5.74) is 0.794. The molecule has 1 rings (SSSR count). The van der Waals surface area contributed by atoms with Crippen LogP contribution in [-0.4, -0.2) is 28.8 Å². The Morgan fingerprint density at radius 1 is 1.19 bits per heavy atom. The van der Waals surface area contributed by atoms with E-state index >= 15 is 0 Å². The van der Waals surface area contributed by atoms with E-state index in [1.807, 2.05) is 36.4 Å². The number of allylic oxidation sites excluding steroid dienone is 1. The summed E-state index contributed by atoms with van der Waals surface area (Å²) in [4.78, 5) is 12.0. The Labute approximate surface area is 105 Å². The van der Waals surface area contributed by atoms with Crippen LogP contribution < -0.4 is 0 Å². The predicted octanol–water partition coefficient (Wildman–Crippen LogP) is 3.38. The van der Waals surface area contributed by atoms with Crippen LogP contribution in [0.3, 0.4) is 0 Å². The summed E-state index contributed by atoms with van der Waals surface area (Å²) in [6, 6.07) is 9.51. The van der Waals surface area contributed by atoms with E-state index in [9.17, 15) is 4.79 Å². The Bertz CT molecular complexity index is 390. The molecule has 0 amide bonds. The van der Waals surface area contributed by atoms with Gasteiger partial charge in [-0.1, -0.05) is 0 Å². The molecule has 0 saturated heterocycles. The number of hydrogen-bond donors (Lipinski definition) is 0. The van der Waals surface area contributed by atoms with Crippen molar-refractivity contribution < 1.29 is 4.79 Å². The van der Waals surface area contributed by atoms with E-state index in [2.05, 4.69) is 25.5 Å². The zero-order chi connectivity index (χ0) is 12.2. The summed E-state index contributed by atoms with van der Waals surface area (Å²) in [6.07, 6.45) is 1.88. The van der Waals surface area contributed by atoms with Crippen molar-refractivity contribution in [3.8, 4) is 0 Å². The monoisotopic (exact) mass is 298 g/mol. The molecule has 0 saturated carbocycles. The SMILES string of the molecule is C[Se]/C(=C/C(=O)c1ccccc1)[Si](C)(C)C. The van der Waals surface area contributed by atoms with Gasteiger partial charge in [0.25, 0.3) is 0 Å². The number of carbonyl (C=O) groups excluding carboxylic acids is 1. The van der Waals surface area contributed by atoms with E-state index in [1.165, 1.54) is 4.09 Å². The molecule has 0 fully saturated rings. The fourth-order valence-electron chi connectivity index (χ4n) is 1.39. The van der Waals surface area contributed by atoms with Crippen molar-refractivity contribution in [2.45, 2.75) is 25.5 Å². The minimum atomic E-state index is -1.31. The molecule has 3 heteroatoms. The van der Waals surface area contributed by atoms with Gasteiger partial charge in [-0.25, -0.2) is 0 Å². The molecule has 0 atom stereocenters. The number of ketones is 1. The second-order valence-electron chi connectivity index (χ2n) is 4.69. The van der Waals surface area contributed by atoms with Crippen LogP contribution in [0.4, 0.5) is 0 Å². The van der Waals surface area contributed by atoms with Crippen LogP contribution in [-0.2, 0) is 0 Å². The van der Waals surface area contributed by atoms with Gasteiger partial charge >= 0.3 is 105 Å². The quantitative estimate of drug-likeness (QED) is 0.473. The van der Waals surface area contributed by atoms with Crippen molar-refractivity contribution in [1.82, 2.24) is 0 Å². The van der Waals surface area contributed by atoms with Gasteiger partial charge in [-0.05, 0) is 0 Å². The number of carbonyl (C=O) groups is 1. The van der Waals surface area contributed by atoms with Crippen LogP contribution in [0.15, 0.2) is 40.5 Å². The van der Waals surface area contributed by atoms with Crippen molar-refractivity contribution in [1.29, 1.82) is 0 Å². The second-order valence-corrected chi connectivity index (χ2v) is 12.3. The van der Waals surface area contributed by atoms with Crippen molar-refractivity contribution in [2.75, 3.05) is 0 Å². The van der Waals surface area contributed by atoms with Crippen LogP contribution in [0.25, 0.3) is 0 Å². The zero-order valence-corrected chi connectivity index (χ0v) is 13.0. The van der Waals surface area contributed by atoms with Gasteiger partial charge in [0, 0.05) is 0 Å². The van der Waals surface area contributed by atoms with Crippen molar-refractivity contribution >= 4 is 28.8 Å². The van der Waals surface area contributed by atoms with E-state index in [0.717, 1.165) is 5.56 Å². The van der Waals surface area contributed by atoms with Crippen LogP contribution in [0.2, 0.25) is 25.5 Å². The van der Waals surface area contributed by atoms with E-state index in [4.69, 9.17) is 0 Å². The first-order valence-electron chi connectivity index (χ1n) is 5.30. The Morgan fingerprint density at radius 2 is 1.75 bits per heavy atom. The maximum absolute atomic E-state index is 12.0. The maximum atomic E-state index is 12.0. The predicted molar refractivity (Wildman–Crippen MR) is 73.8 cm³/mol. The molecule has 0 aliphatic rings. The molecule has 0 aliphatic carbocycles. The van der Waals surface area contributed by atoms with Crippen molar-refractivity contribution in [3.63, 3.8) is 0 Å². The van der Waals surface area contributed by atoms with Gasteiger partial charge < -0.3 is 0 Å². The average molecular weight is 297 g/mol. The van der Waals surface area contributed by atoms with Crippen molar-refractivity contribution in [2.24, 2.45) is 0 Å². The average Bonchev–Trinajstić information content (AvgIpc) is 2.25. The molecule has 0 radical (unpaired) electrons. The van der Waals surface area contributed by atoms with Crippen LogP contribution >= 0.6 is 0 Å². The Kier molecular flexibility index (Phi) is 4.72. The van der Waals surface area contributed by atoms with Gasteiger partial charge in [0.1, 0.15) is 0 Å². The summed E-state index contributed by atoms with van der Waals surface area (Å²) in [7, 11) is -1.31. The van der Waals surface area contributed by atoms with Crippen LogP contribution in [0, 0.1) is 0 Å². The molecule has 0 bridgehead atoms. The molecular formula is C13H18OSeSi. The third kappa shape index (κ3) is 3.74. The molecule has 0 N–H and O–H groups in total. The van der Waals surface area contributed by atoms with Crippen LogP contribution in [0.5, 0.6) is 0 Å². The van der Waals surface area contributed by atoms with Crippen LogP contribution in [0.1, 0.15) is 10.4 Å². The summed E-state index contributed by atoms with van der Waals surface area (Å²) < 4.78 is 1.40. The first-order chi connectivity index (χ1) is 7.45. The fourth-order valence-corrected chi connectivity index (χ4v) is 6.89. The topological polar surface area (TPSA) is 17.1 Å². The molecule has 16 heavy (non-hydrogen) atoms. The molecule has 0 heterocycles. The van der Waals surface area contributed by atoms with E-state index < -0.39 is 8.07 Å². The Balaban J connectivity index is 2.96. The van der Waals surface area contributed by atoms with E-state index in [-0.39, 0.29) is 5.78 Å². The zero-order valence-electron chi connectivity index (χ0n) is 10.3. The first-order valence-corrected chi connectivity index (χ1v) is 11.4. The first kappa shape index (κ1) is 13.4. The third-order valence-corrected chi connectivity index (χ3v) is 9.99. The minimum absolute atomic E-state index is 0.154. The van der Waals surface area contributed by atoms with E-state index in [0.29, 0.717) is 15.0 Å². The summed E-state index contributed by atoms with van der Waals surface area (Å²) >= 11 is 0.439. The van der Waals surface area contributed by atoms with Gasteiger partial charge in [0.2, 0.25) is 0 Å². The fraction of sp³-hybridized carbons (Fsp3) is 0.308. The number of benzene rings is 1. The van der Waals surface area contributed by atoms with Crippen molar-refractivity contribution in [3.05, 3.63) is 46.1 Å². The number of rotatable bonds is 4. The second kappa shape index (κ2) is 5.62. The normalized spacial score (nSPS) is 12.6. The van der Waals surface area contributed by atoms with Gasteiger partial charge in [0.05, 0.1) is 0 Å². The van der Waals surface area contributed by atoms with Gasteiger partial charge in [-0.3, -0.25) is 0 Å². The van der Waals surface area contributed by atoms with Gasteiger partial charge in [-0.2, -0.15) is 0 Å². The molecule has 0 aromatic heterocycles. The van der Waals surface area contributed by atoms with Gasteiger partial charge in [-0.15, -0.1) is 0 Å². The Morgan fingerprint density at radius 3 is 2.19 bits per heavy atom. The molecule has 1 aromatic rings. The molecule has 86 valence electrons. The molecule has 0 spiro atoms. The number of hydrogen-bond acceptors (Lipinski definition) is 1. The standard InChI is InChI=1S/C13H18OSeSi/c1-15-13(16(2,3)4)10-12(14)11-8-6-5-7-9-11/h5-10H,1-4H3/b13-10-. The summed E-state index contributed by atoms with van der Waals surface area (Å²) in [6.45, 7) is 6.88. The third-order valence-electron chi connectivity index (χ3n) is 2.28.